The Labute approximate surface area is 302 Å². The molecule has 0 bridgehead atoms. The number of ketones is 1. The van der Waals surface area contributed by atoms with Gasteiger partial charge in [0.25, 0.3) is 0 Å². The van der Waals surface area contributed by atoms with Gasteiger partial charge in [-0.2, -0.15) is 0 Å². The molecule has 4 rings (SSSR count). The number of hydrogen-bond donors (Lipinski definition) is 7. The third-order valence-corrected chi connectivity index (χ3v) is 6.84. The number of carboxylic acid groups (broad SMARTS) is 1. The van der Waals surface area contributed by atoms with Gasteiger partial charge in [0, 0.05) is 18.6 Å². The molecule has 278 valence electrons. The lowest BCUT2D eigenvalue weighted by atomic mass is 10.1. The van der Waals surface area contributed by atoms with Crippen molar-refractivity contribution >= 4 is 35.7 Å². The van der Waals surface area contributed by atoms with E-state index in [1.54, 1.807) is 0 Å². The van der Waals surface area contributed by atoms with E-state index in [0.29, 0.717) is 0 Å². The first kappa shape index (κ1) is 40.3. The standard InChI is InChI=1S/C20H22N2O5.C17H14O9/c1-14(19(24)25)21-18(23)17(12-15-8-4-2-5-9-15)22-20(26)27-13-16-10-6-3-7-11-16;18-11-1-9(2-12(19)5-11)16(23)25-7-15(22)8-26-17(24)10-3-13(20)6-14(21)4-10/h2-11,14,17H,12-13H2,1H3,(H,21,23)(H,22,26)(H,24,25);1-6,18-21H,7-8H2/t14-,17-;/m0./s1. The number of phenolic OH excluding ortho intramolecular Hbond substituents is 4. The molecular weight excluding hydrogens is 696 g/mol. The van der Waals surface area contributed by atoms with Crippen molar-refractivity contribution in [1.29, 1.82) is 0 Å². The molecule has 53 heavy (non-hydrogen) atoms. The molecule has 0 aliphatic heterocycles. The molecule has 0 radical (unpaired) electrons. The van der Waals surface area contributed by atoms with E-state index in [1.165, 1.54) is 6.92 Å². The first-order valence-corrected chi connectivity index (χ1v) is 15.7. The number of amides is 2. The number of phenols is 4. The number of esters is 2. The van der Waals surface area contributed by atoms with Crippen LogP contribution in [-0.4, -0.2) is 86.5 Å². The van der Waals surface area contributed by atoms with Crippen molar-refractivity contribution < 1.29 is 68.5 Å². The van der Waals surface area contributed by atoms with Crippen LogP contribution >= 0.6 is 0 Å². The molecule has 0 aromatic heterocycles. The topological polar surface area (TPSA) is 255 Å². The highest BCUT2D eigenvalue weighted by Gasteiger charge is 2.25. The van der Waals surface area contributed by atoms with Gasteiger partial charge in [-0.05, 0) is 42.3 Å². The highest BCUT2D eigenvalue weighted by molar-refractivity contribution is 5.94. The third kappa shape index (κ3) is 14.3. The minimum Gasteiger partial charge on any atom is -0.508 e. The number of ether oxygens (including phenoxy) is 3. The zero-order valence-corrected chi connectivity index (χ0v) is 28.1. The second kappa shape index (κ2) is 19.9. The van der Waals surface area contributed by atoms with Gasteiger partial charge in [-0.3, -0.25) is 14.4 Å². The first-order chi connectivity index (χ1) is 25.2. The number of carbonyl (C=O) groups is 6. The van der Waals surface area contributed by atoms with Gasteiger partial charge in [-0.1, -0.05) is 60.7 Å². The molecule has 0 spiro atoms. The van der Waals surface area contributed by atoms with Crippen LogP contribution < -0.4 is 10.6 Å². The maximum Gasteiger partial charge on any atom is 0.408 e. The summed E-state index contributed by atoms with van der Waals surface area (Å²) in [6.45, 7) is 0.0209. The minimum atomic E-state index is -1.16. The van der Waals surface area contributed by atoms with Crippen molar-refractivity contribution in [2.45, 2.75) is 32.0 Å². The van der Waals surface area contributed by atoms with Gasteiger partial charge in [0.1, 0.15) is 41.7 Å². The molecule has 2 amide bonds. The summed E-state index contributed by atoms with van der Waals surface area (Å²) in [6, 6.07) is 22.4. The Morgan fingerprint density at radius 2 is 1.04 bits per heavy atom. The summed E-state index contributed by atoms with van der Waals surface area (Å²) in [5, 5.41) is 51.0. The average Bonchev–Trinajstić information content (AvgIpc) is 3.12. The first-order valence-electron chi connectivity index (χ1n) is 15.7. The lowest BCUT2D eigenvalue weighted by molar-refractivity contribution is -0.141. The van der Waals surface area contributed by atoms with Crippen LogP contribution in [0.5, 0.6) is 23.0 Å². The van der Waals surface area contributed by atoms with Crippen LogP contribution in [0.25, 0.3) is 0 Å². The smallest absolute Gasteiger partial charge is 0.408 e. The normalized spacial score (nSPS) is 11.3. The summed E-state index contributed by atoms with van der Waals surface area (Å²) in [5.74, 6) is -5.84. The van der Waals surface area contributed by atoms with Gasteiger partial charge in [0.2, 0.25) is 11.7 Å². The lowest BCUT2D eigenvalue weighted by Gasteiger charge is -2.20. The number of aromatic hydroxyl groups is 4. The molecule has 4 aromatic carbocycles. The fourth-order valence-corrected chi connectivity index (χ4v) is 4.27. The van der Waals surface area contributed by atoms with Crippen molar-refractivity contribution in [2.24, 2.45) is 0 Å². The quantitative estimate of drug-likeness (QED) is 0.0726. The van der Waals surface area contributed by atoms with Crippen molar-refractivity contribution in [2.75, 3.05) is 13.2 Å². The summed E-state index contributed by atoms with van der Waals surface area (Å²) in [6.07, 6.45) is -0.544. The van der Waals surface area contributed by atoms with Crippen LogP contribution in [0.2, 0.25) is 0 Å². The highest BCUT2D eigenvalue weighted by Crippen LogP contribution is 2.22. The number of carboxylic acids is 1. The zero-order chi connectivity index (χ0) is 38.9. The Morgan fingerprint density at radius 1 is 0.604 bits per heavy atom. The van der Waals surface area contributed by atoms with E-state index in [0.717, 1.165) is 47.5 Å². The van der Waals surface area contributed by atoms with E-state index in [9.17, 15) is 49.2 Å². The molecule has 4 aromatic rings. The maximum absolute atomic E-state index is 12.4. The molecule has 0 unspecified atom stereocenters. The average molecular weight is 733 g/mol. The van der Waals surface area contributed by atoms with Gasteiger partial charge in [-0.25, -0.2) is 14.4 Å². The number of Topliss-reactive ketones (excluding diaryl/α,β-unsaturated/α-hetero) is 1. The van der Waals surface area contributed by atoms with E-state index in [4.69, 9.17) is 19.3 Å². The summed E-state index contributed by atoms with van der Waals surface area (Å²) < 4.78 is 14.5. The molecule has 0 aliphatic carbocycles. The molecule has 2 atom stereocenters. The molecular formula is C37H36N2O14. The van der Waals surface area contributed by atoms with Crippen molar-refractivity contribution in [3.8, 4) is 23.0 Å². The van der Waals surface area contributed by atoms with Crippen molar-refractivity contribution in [3.05, 3.63) is 119 Å². The molecule has 0 heterocycles. The Bertz CT molecular complexity index is 1790. The predicted octanol–water partition coefficient (Wildman–Crippen LogP) is 3.21. The maximum atomic E-state index is 12.4. The lowest BCUT2D eigenvalue weighted by Crippen LogP contribution is -2.51. The summed E-state index contributed by atoms with van der Waals surface area (Å²) in [7, 11) is 0. The minimum absolute atomic E-state index is 0.0673. The van der Waals surface area contributed by atoms with Crippen LogP contribution in [0.3, 0.4) is 0 Å². The van der Waals surface area contributed by atoms with Gasteiger partial charge in [-0.15, -0.1) is 0 Å². The zero-order valence-electron chi connectivity index (χ0n) is 28.1. The van der Waals surface area contributed by atoms with Crippen LogP contribution in [0.1, 0.15) is 38.8 Å². The van der Waals surface area contributed by atoms with Crippen LogP contribution in [0.4, 0.5) is 4.79 Å². The van der Waals surface area contributed by atoms with E-state index >= 15 is 0 Å². The Hall–Kier alpha value is -7.10. The molecule has 0 saturated heterocycles. The number of aliphatic carboxylic acids is 1. The number of nitrogens with one attached hydrogen (secondary N) is 2. The SMILES string of the molecule is C[C@H](NC(=O)[C@H](Cc1ccccc1)NC(=O)OCc1ccccc1)C(=O)O.O=C(COC(=O)c1cc(O)cc(O)c1)COC(=O)c1cc(O)cc(O)c1. The van der Waals surface area contributed by atoms with E-state index in [2.05, 4.69) is 10.6 Å². The van der Waals surface area contributed by atoms with Crippen LogP contribution in [0, 0.1) is 0 Å². The van der Waals surface area contributed by atoms with Crippen LogP contribution in [0.15, 0.2) is 97.1 Å². The highest BCUT2D eigenvalue weighted by atomic mass is 16.6. The van der Waals surface area contributed by atoms with Gasteiger partial charge >= 0.3 is 24.0 Å². The van der Waals surface area contributed by atoms with E-state index < -0.39 is 61.0 Å². The second-order valence-corrected chi connectivity index (χ2v) is 11.2. The van der Waals surface area contributed by atoms with Gasteiger partial charge in [0.15, 0.2) is 13.2 Å². The number of benzene rings is 4. The largest absolute Gasteiger partial charge is 0.508 e. The van der Waals surface area contributed by atoms with Crippen molar-refractivity contribution in [3.63, 3.8) is 0 Å². The monoisotopic (exact) mass is 732 g/mol. The van der Waals surface area contributed by atoms with Gasteiger partial charge in [0.05, 0.1) is 11.1 Å². The molecule has 0 saturated carbocycles. The molecule has 16 heteroatoms. The summed E-state index contributed by atoms with van der Waals surface area (Å²) in [5.41, 5.74) is 1.31. The Morgan fingerprint density at radius 3 is 1.47 bits per heavy atom. The van der Waals surface area contributed by atoms with Crippen molar-refractivity contribution in [1.82, 2.24) is 10.6 Å². The molecule has 0 fully saturated rings. The predicted molar refractivity (Wildman–Crippen MR) is 184 cm³/mol. The number of rotatable bonds is 14. The number of hydrogen-bond acceptors (Lipinski definition) is 13. The number of carbonyl (C=O) groups excluding carboxylic acids is 5. The summed E-state index contributed by atoms with van der Waals surface area (Å²) in [4.78, 5) is 70.6. The third-order valence-electron chi connectivity index (χ3n) is 6.84. The fourth-order valence-electron chi connectivity index (χ4n) is 4.27. The Balaban J connectivity index is 0.000000286. The molecule has 16 nitrogen and oxygen atoms in total. The van der Waals surface area contributed by atoms with E-state index in [-0.39, 0.29) is 47.2 Å². The van der Waals surface area contributed by atoms with E-state index in [1.807, 2.05) is 60.7 Å². The van der Waals surface area contributed by atoms with Crippen LogP contribution in [-0.2, 0) is 41.6 Å². The number of alkyl carbamates (subject to hydrolysis) is 1. The Kier molecular flexibility index (Phi) is 15.2. The van der Waals surface area contributed by atoms with Gasteiger partial charge < -0.3 is 50.4 Å². The molecule has 7 N–H and O–H groups in total. The second-order valence-electron chi connectivity index (χ2n) is 11.2. The molecule has 0 aliphatic rings. The summed E-state index contributed by atoms with van der Waals surface area (Å²) >= 11 is 0. The fraction of sp³-hybridized carbons (Fsp3) is 0.189.